The molecule has 0 saturated carbocycles. The first kappa shape index (κ1) is 9.82. The Balaban J connectivity index is 4.58. The average molecular weight is 152 g/mol. The van der Waals surface area contributed by atoms with E-state index in [1.165, 1.54) is 0 Å². The molecular weight excluding hydrogens is 136 g/mol. The SMILES string of the molecule is C=C(C)/C(N)=C\C(C)=C(\C)N. The van der Waals surface area contributed by atoms with Gasteiger partial charge >= 0.3 is 0 Å². The zero-order chi connectivity index (χ0) is 9.02. The van der Waals surface area contributed by atoms with Crippen LogP contribution in [-0.4, -0.2) is 0 Å². The average Bonchev–Trinajstić information content (AvgIpc) is 1.87. The van der Waals surface area contributed by atoms with Gasteiger partial charge in [-0.1, -0.05) is 6.58 Å². The van der Waals surface area contributed by atoms with E-state index in [9.17, 15) is 0 Å². The van der Waals surface area contributed by atoms with Gasteiger partial charge in [-0.3, -0.25) is 0 Å². The van der Waals surface area contributed by atoms with Crippen LogP contribution in [0.25, 0.3) is 0 Å². The van der Waals surface area contributed by atoms with Gasteiger partial charge < -0.3 is 11.5 Å². The van der Waals surface area contributed by atoms with Crippen LogP contribution in [0.5, 0.6) is 0 Å². The van der Waals surface area contributed by atoms with Crippen molar-refractivity contribution in [3.63, 3.8) is 0 Å². The second-order valence-corrected chi connectivity index (χ2v) is 2.75. The van der Waals surface area contributed by atoms with Gasteiger partial charge in [0, 0.05) is 11.4 Å². The van der Waals surface area contributed by atoms with Crippen molar-refractivity contribution in [2.75, 3.05) is 0 Å². The van der Waals surface area contributed by atoms with E-state index in [1.807, 2.05) is 26.8 Å². The molecule has 0 radical (unpaired) electrons. The summed E-state index contributed by atoms with van der Waals surface area (Å²) in [4.78, 5) is 0. The number of nitrogens with two attached hydrogens (primary N) is 2. The van der Waals surface area contributed by atoms with Crippen LogP contribution in [0.1, 0.15) is 20.8 Å². The lowest BCUT2D eigenvalue weighted by molar-refractivity contribution is 1.21. The van der Waals surface area contributed by atoms with E-state index in [4.69, 9.17) is 11.5 Å². The van der Waals surface area contributed by atoms with Gasteiger partial charge in [0.05, 0.1) is 0 Å². The molecule has 11 heavy (non-hydrogen) atoms. The Hall–Kier alpha value is -1.18. The molecule has 2 nitrogen and oxygen atoms in total. The van der Waals surface area contributed by atoms with Gasteiger partial charge in [-0.25, -0.2) is 0 Å². The van der Waals surface area contributed by atoms with Gasteiger partial charge in [0.15, 0.2) is 0 Å². The van der Waals surface area contributed by atoms with Crippen LogP contribution in [0.2, 0.25) is 0 Å². The zero-order valence-corrected chi connectivity index (χ0v) is 7.44. The Morgan fingerprint density at radius 1 is 1.18 bits per heavy atom. The topological polar surface area (TPSA) is 52.0 Å². The van der Waals surface area contributed by atoms with Crippen LogP contribution in [0.3, 0.4) is 0 Å². The van der Waals surface area contributed by atoms with Gasteiger partial charge in [-0.05, 0) is 38.0 Å². The third kappa shape index (κ3) is 3.50. The van der Waals surface area contributed by atoms with Crippen LogP contribution in [-0.2, 0) is 0 Å². The summed E-state index contributed by atoms with van der Waals surface area (Å²) in [5.74, 6) is 0. The predicted molar refractivity (Wildman–Crippen MR) is 49.6 cm³/mol. The first-order valence-electron chi connectivity index (χ1n) is 3.51. The van der Waals surface area contributed by atoms with Gasteiger partial charge in [0.2, 0.25) is 0 Å². The van der Waals surface area contributed by atoms with E-state index in [0.29, 0.717) is 5.70 Å². The molecular formula is C9H16N2. The number of rotatable bonds is 2. The van der Waals surface area contributed by atoms with Crippen LogP contribution in [0.15, 0.2) is 35.2 Å². The van der Waals surface area contributed by atoms with Crippen molar-refractivity contribution < 1.29 is 0 Å². The maximum atomic E-state index is 5.63. The maximum absolute atomic E-state index is 5.63. The fourth-order valence-corrected chi connectivity index (χ4v) is 0.470. The molecule has 0 aromatic heterocycles. The van der Waals surface area contributed by atoms with Crippen LogP contribution < -0.4 is 11.5 Å². The zero-order valence-electron chi connectivity index (χ0n) is 7.44. The summed E-state index contributed by atoms with van der Waals surface area (Å²) in [6, 6.07) is 0. The Morgan fingerprint density at radius 3 is 1.91 bits per heavy atom. The van der Waals surface area contributed by atoms with Crippen molar-refractivity contribution in [1.82, 2.24) is 0 Å². The second-order valence-electron chi connectivity index (χ2n) is 2.75. The molecule has 0 aliphatic rings. The van der Waals surface area contributed by atoms with Crippen molar-refractivity contribution >= 4 is 0 Å². The van der Waals surface area contributed by atoms with Crippen molar-refractivity contribution in [3.05, 3.63) is 35.2 Å². The highest BCUT2D eigenvalue weighted by Crippen LogP contribution is 2.05. The lowest BCUT2D eigenvalue weighted by atomic mass is 10.1. The summed E-state index contributed by atoms with van der Waals surface area (Å²) in [6.45, 7) is 9.34. The lowest BCUT2D eigenvalue weighted by Gasteiger charge is -2.00. The second kappa shape index (κ2) is 3.86. The molecule has 0 aromatic carbocycles. The highest BCUT2D eigenvalue weighted by molar-refractivity contribution is 5.32. The van der Waals surface area contributed by atoms with E-state index >= 15 is 0 Å². The summed E-state index contributed by atoms with van der Waals surface area (Å²) in [5.41, 5.74) is 14.5. The summed E-state index contributed by atoms with van der Waals surface area (Å²) >= 11 is 0. The normalized spacial score (nSPS) is 14.3. The largest absolute Gasteiger partial charge is 0.402 e. The maximum Gasteiger partial charge on any atom is 0.0341 e. The fraction of sp³-hybridized carbons (Fsp3) is 0.333. The molecule has 62 valence electrons. The van der Waals surface area contributed by atoms with Gasteiger partial charge in [0.25, 0.3) is 0 Å². The van der Waals surface area contributed by atoms with E-state index in [0.717, 1.165) is 16.8 Å². The molecule has 0 aliphatic carbocycles. The minimum Gasteiger partial charge on any atom is -0.402 e. The quantitative estimate of drug-likeness (QED) is 0.591. The molecule has 0 rings (SSSR count). The molecule has 0 atom stereocenters. The lowest BCUT2D eigenvalue weighted by Crippen LogP contribution is -2.00. The summed E-state index contributed by atoms with van der Waals surface area (Å²) in [5, 5.41) is 0. The first-order chi connectivity index (χ1) is 4.95. The van der Waals surface area contributed by atoms with Gasteiger partial charge in [0.1, 0.15) is 0 Å². The monoisotopic (exact) mass is 152 g/mol. The molecule has 0 aromatic rings. The highest BCUT2D eigenvalue weighted by atomic mass is 14.6. The molecule has 0 unspecified atom stereocenters. The smallest absolute Gasteiger partial charge is 0.0341 e. The van der Waals surface area contributed by atoms with Crippen molar-refractivity contribution in [1.29, 1.82) is 0 Å². The summed E-state index contributed by atoms with van der Waals surface area (Å²) < 4.78 is 0. The first-order valence-corrected chi connectivity index (χ1v) is 3.51. The van der Waals surface area contributed by atoms with Crippen molar-refractivity contribution in [2.24, 2.45) is 11.5 Å². The standard InChI is InChI=1S/C9H16N2/c1-6(2)9(11)5-7(3)8(4)10/h5H,1,10-11H2,2-4H3/b8-7-,9-5+. The van der Waals surface area contributed by atoms with E-state index in [2.05, 4.69) is 6.58 Å². The molecule has 0 spiro atoms. The number of hydrogen-bond acceptors (Lipinski definition) is 2. The Labute approximate surface area is 68.3 Å². The Morgan fingerprint density at radius 2 is 1.64 bits per heavy atom. The Bertz CT molecular complexity index is 218. The van der Waals surface area contributed by atoms with Gasteiger partial charge in [-0.2, -0.15) is 0 Å². The number of hydrogen-bond donors (Lipinski definition) is 2. The molecule has 0 amide bonds. The number of allylic oxidation sites excluding steroid dienone is 4. The third-order valence-corrected chi connectivity index (χ3v) is 1.49. The van der Waals surface area contributed by atoms with Crippen LogP contribution >= 0.6 is 0 Å². The molecule has 2 heteroatoms. The molecule has 4 N–H and O–H groups in total. The molecule has 0 saturated heterocycles. The highest BCUT2D eigenvalue weighted by Gasteiger charge is 1.92. The predicted octanol–water partition coefficient (Wildman–Crippen LogP) is 1.66. The molecule has 0 fully saturated rings. The van der Waals surface area contributed by atoms with E-state index < -0.39 is 0 Å². The Kier molecular flexibility index (Phi) is 3.45. The van der Waals surface area contributed by atoms with Gasteiger partial charge in [-0.15, -0.1) is 0 Å². The van der Waals surface area contributed by atoms with Crippen LogP contribution in [0.4, 0.5) is 0 Å². The molecule has 0 bridgehead atoms. The molecule has 0 aliphatic heterocycles. The minimum atomic E-state index is 0.687. The summed E-state index contributed by atoms with van der Waals surface area (Å²) in [6.07, 6.45) is 1.83. The van der Waals surface area contributed by atoms with Crippen LogP contribution in [0, 0.1) is 0 Å². The van der Waals surface area contributed by atoms with Crippen molar-refractivity contribution in [3.8, 4) is 0 Å². The molecule has 0 heterocycles. The van der Waals surface area contributed by atoms with E-state index in [1.54, 1.807) is 0 Å². The minimum absolute atomic E-state index is 0.687. The van der Waals surface area contributed by atoms with E-state index in [-0.39, 0.29) is 0 Å². The van der Waals surface area contributed by atoms with Crippen molar-refractivity contribution in [2.45, 2.75) is 20.8 Å². The summed E-state index contributed by atoms with van der Waals surface area (Å²) in [7, 11) is 0. The third-order valence-electron chi connectivity index (χ3n) is 1.49. The fourth-order valence-electron chi connectivity index (χ4n) is 0.470.